The van der Waals surface area contributed by atoms with Gasteiger partial charge >= 0.3 is 0 Å². The Morgan fingerprint density at radius 1 is 1.15 bits per heavy atom. The van der Waals surface area contributed by atoms with Crippen LogP contribution in [0, 0.1) is 0 Å². The molecule has 1 aromatic heterocycles. The van der Waals surface area contributed by atoms with Crippen LogP contribution in [0.3, 0.4) is 0 Å². The molecule has 0 saturated heterocycles. The maximum atomic E-state index is 14.5. The molecule has 1 aliphatic heterocycles. The molecule has 1 unspecified atom stereocenters. The largest absolute Gasteiger partial charge is 0.493 e. The zero-order valence-corrected chi connectivity index (χ0v) is 19.2. The number of ether oxygens (including phenoxy) is 2. The lowest BCUT2D eigenvalue weighted by atomic mass is 9.85. The zero-order chi connectivity index (χ0) is 23.2. The summed E-state index contributed by atoms with van der Waals surface area (Å²) in [5.74, 6) is 0.820. The third-order valence-electron chi connectivity index (χ3n) is 6.14. The highest BCUT2D eigenvalue weighted by Crippen LogP contribution is 2.45. The number of hydrogen-bond acceptors (Lipinski definition) is 4. The van der Waals surface area contributed by atoms with Crippen LogP contribution in [0.15, 0.2) is 54.7 Å². The quantitative estimate of drug-likeness (QED) is 0.391. The topological polar surface area (TPSA) is 51.6 Å². The molecule has 0 bridgehead atoms. The molecule has 5 heteroatoms. The van der Waals surface area contributed by atoms with Crippen molar-refractivity contribution >= 4 is 21.7 Å². The van der Waals surface area contributed by atoms with Crippen molar-refractivity contribution in [2.24, 2.45) is 0 Å². The van der Waals surface area contributed by atoms with Crippen LogP contribution >= 0.6 is 0 Å². The smallest absolute Gasteiger partial charge is 0.129 e. The molecule has 1 N–H and O–H groups in total. The maximum Gasteiger partial charge on any atom is 0.129 e. The number of aliphatic hydroxyl groups is 1. The van der Waals surface area contributed by atoms with Crippen molar-refractivity contribution < 1.29 is 19.0 Å². The van der Waals surface area contributed by atoms with E-state index in [4.69, 9.17) is 14.5 Å². The van der Waals surface area contributed by atoms with Gasteiger partial charge in [0.2, 0.25) is 0 Å². The SMILES string of the molecule is CC(C)(C)OC(CO)c1c(CF)cc2ccccc2c1-c1ccc2c3c(ccnc13)CCO2. The van der Waals surface area contributed by atoms with Gasteiger partial charge in [-0.05, 0) is 78.1 Å². The molecule has 3 aromatic carbocycles. The molecule has 0 saturated carbocycles. The van der Waals surface area contributed by atoms with Crippen molar-refractivity contribution in [3.8, 4) is 16.9 Å². The van der Waals surface area contributed by atoms with Gasteiger partial charge in [0.25, 0.3) is 0 Å². The van der Waals surface area contributed by atoms with Gasteiger partial charge in [-0.2, -0.15) is 0 Å². The van der Waals surface area contributed by atoms with Gasteiger partial charge in [-0.25, -0.2) is 4.39 Å². The molecule has 33 heavy (non-hydrogen) atoms. The highest BCUT2D eigenvalue weighted by Gasteiger charge is 2.28. The molecule has 1 atom stereocenters. The molecule has 4 aromatic rings. The summed E-state index contributed by atoms with van der Waals surface area (Å²) in [6, 6.07) is 15.8. The van der Waals surface area contributed by atoms with E-state index in [0.29, 0.717) is 17.7 Å². The van der Waals surface area contributed by atoms with Crippen molar-refractivity contribution in [2.45, 2.75) is 45.6 Å². The summed E-state index contributed by atoms with van der Waals surface area (Å²) in [4.78, 5) is 4.75. The molecule has 0 radical (unpaired) electrons. The van der Waals surface area contributed by atoms with Crippen LogP contribution in [-0.2, 0) is 17.8 Å². The molecule has 0 fully saturated rings. The van der Waals surface area contributed by atoms with Gasteiger partial charge in [-0.3, -0.25) is 4.98 Å². The number of pyridine rings is 1. The Balaban J connectivity index is 1.90. The Morgan fingerprint density at radius 2 is 1.97 bits per heavy atom. The minimum Gasteiger partial charge on any atom is -0.493 e. The lowest BCUT2D eigenvalue weighted by Gasteiger charge is -2.30. The average molecular weight is 446 g/mol. The van der Waals surface area contributed by atoms with Crippen LogP contribution in [-0.4, -0.2) is 28.9 Å². The van der Waals surface area contributed by atoms with E-state index >= 15 is 0 Å². The van der Waals surface area contributed by atoms with E-state index in [9.17, 15) is 9.50 Å². The van der Waals surface area contributed by atoms with Crippen molar-refractivity contribution in [1.29, 1.82) is 0 Å². The van der Waals surface area contributed by atoms with Gasteiger partial charge in [-0.15, -0.1) is 0 Å². The Labute approximate surface area is 193 Å². The molecule has 0 aliphatic carbocycles. The number of hydrogen-bond donors (Lipinski definition) is 1. The van der Waals surface area contributed by atoms with Gasteiger partial charge in [0, 0.05) is 23.6 Å². The summed E-state index contributed by atoms with van der Waals surface area (Å²) in [6.07, 6.45) is 1.96. The average Bonchev–Trinajstić information content (AvgIpc) is 2.81. The van der Waals surface area contributed by atoms with Crippen LogP contribution in [0.2, 0.25) is 0 Å². The summed E-state index contributed by atoms with van der Waals surface area (Å²) in [6.45, 7) is 5.54. The highest BCUT2D eigenvalue weighted by atomic mass is 19.1. The minimum atomic E-state index is -0.683. The van der Waals surface area contributed by atoms with E-state index in [-0.39, 0.29) is 6.61 Å². The maximum absolute atomic E-state index is 14.5. The molecule has 2 heterocycles. The number of alkyl halides is 1. The van der Waals surface area contributed by atoms with Crippen LogP contribution in [0.1, 0.15) is 43.6 Å². The van der Waals surface area contributed by atoms with Crippen molar-refractivity contribution in [1.82, 2.24) is 4.98 Å². The summed E-state index contributed by atoms with van der Waals surface area (Å²) in [7, 11) is 0. The van der Waals surface area contributed by atoms with Gasteiger partial charge < -0.3 is 14.6 Å². The normalized spacial score (nSPS) is 14.5. The van der Waals surface area contributed by atoms with Gasteiger partial charge in [0.05, 0.1) is 24.3 Å². The van der Waals surface area contributed by atoms with Crippen molar-refractivity contribution in [3.63, 3.8) is 0 Å². The fourth-order valence-electron chi connectivity index (χ4n) is 4.91. The van der Waals surface area contributed by atoms with E-state index in [0.717, 1.165) is 45.0 Å². The van der Waals surface area contributed by atoms with Crippen molar-refractivity contribution in [3.05, 3.63) is 71.4 Å². The monoisotopic (exact) mass is 445 g/mol. The number of nitrogens with zero attached hydrogens (tertiary/aromatic N) is 1. The molecule has 5 rings (SSSR count). The summed E-state index contributed by atoms with van der Waals surface area (Å²) in [5.41, 5.74) is 4.43. The fraction of sp³-hybridized carbons (Fsp3) is 0.321. The molecule has 4 nitrogen and oxygen atoms in total. The van der Waals surface area contributed by atoms with Gasteiger partial charge in [0.1, 0.15) is 18.5 Å². The van der Waals surface area contributed by atoms with Crippen LogP contribution in [0.25, 0.3) is 32.8 Å². The first-order valence-corrected chi connectivity index (χ1v) is 11.3. The molecule has 0 spiro atoms. The minimum absolute atomic E-state index is 0.257. The third-order valence-corrected chi connectivity index (χ3v) is 6.14. The molecular weight excluding hydrogens is 417 g/mol. The third kappa shape index (κ3) is 3.85. The van der Waals surface area contributed by atoms with Crippen molar-refractivity contribution in [2.75, 3.05) is 13.2 Å². The number of fused-ring (bicyclic) bond motifs is 1. The first-order chi connectivity index (χ1) is 15.9. The summed E-state index contributed by atoms with van der Waals surface area (Å²) >= 11 is 0. The van der Waals surface area contributed by atoms with Crippen LogP contribution < -0.4 is 4.74 Å². The fourth-order valence-corrected chi connectivity index (χ4v) is 4.91. The first-order valence-electron chi connectivity index (χ1n) is 11.3. The van der Waals surface area contributed by atoms with Gasteiger partial charge in [-0.1, -0.05) is 24.3 Å². The van der Waals surface area contributed by atoms with Gasteiger partial charge in [0.15, 0.2) is 0 Å². The zero-order valence-electron chi connectivity index (χ0n) is 19.2. The second-order valence-corrected chi connectivity index (χ2v) is 9.48. The second kappa shape index (κ2) is 8.40. The first kappa shape index (κ1) is 21.8. The second-order valence-electron chi connectivity index (χ2n) is 9.48. The van der Waals surface area contributed by atoms with E-state index in [1.807, 2.05) is 75.5 Å². The van der Waals surface area contributed by atoms with E-state index in [1.165, 1.54) is 5.56 Å². The van der Waals surface area contributed by atoms with E-state index in [1.54, 1.807) is 0 Å². The molecule has 170 valence electrons. The lowest BCUT2D eigenvalue weighted by Crippen LogP contribution is -2.25. The number of aromatic nitrogens is 1. The molecular formula is C28H28FNO3. The van der Waals surface area contributed by atoms with E-state index < -0.39 is 18.4 Å². The van der Waals surface area contributed by atoms with Crippen LogP contribution in [0.4, 0.5) is 4.39 Å². The highest BCUT2D eigenvalue weighted by molar-refractivity contribution is 6.08. The Morgan fingerprint density at radius 3 is 2.73 bits per heavy atom. The number of aliphatic hydroxyl groups excluding tert-OH is 1. The summed E-state index contributed by atoms with van der Waals surface area (Å²) in [5, 5.41) is 13.3. The Bertz CT molecular complexity index is 1330. The standard InChI is InChI=1S/C28H28FNO3/c1-28(2,3)33-23(16-31)24-19(15-29)14-18-6-4-5-7-20(18)26(24)21-8-9-22-25-17(11-13-32-22)10-12-30-27(21)25/h4-10,12,14,23,31H,11,13,15-16H2,1-3H3. The summed E-state index contributed by atoms with van der Waals surface area (Å²) < 4.78 is 26.6. The lowest BCUT2D eigenvalue weighted by molar-refractivity contribution is -0.0824. The Kier molecular flexibility index (Phi) is 5.55. The number of halogens is 1. The number of rotatable bonds is 5. The van der Waals surface area contributed by atoms with E-state index in [2.05, 4.69) is 0 Å². The molecule has 0 amide bonds. The predicted octanol–water partition coefficient (Wildman–Crippen LogP) is 6.31. The molecule has 1 aliphatic rings. The number of benzene rings is 3. The van der Waals surface area contributed by atoms with Crippen LogP contribution in [0.5, 0.6) is 5.75 Å². The predicted molar refractivity (Wildman–Crippen MR) is 129 cm³/mol. The Hall–Kier alpha value is -3.02.